The number of rotatable bonds is 4. The number of alkyl halides is 3. The molecule has 0 radical (unpaired) electrons. The first-order valence-electron chi connectivity index (χ1n) is 7.54. The van der Waals surface area contributed by atoms with E-state index in [2.05, 4.69) is 20.6 Å². The van der Waals surface area contributed by atoms with E-state index in [1.54, 1.807) is 0 Å². The lowest BCUT2D eigenvalue weighted by Gasteiger charge is -2.11. The van der Waals surface area contributed by atoms with Gasteiger partial charge in [-0.2, -0.15) is 13.2 Å². The van der Waals surface area contributed by atoms with Crippen LogP contribution in [0, 0.1) is 5.82 Å². The highest BCUT2D eigenvalue weighted by atomic mass is 19.4. The highest BCUT2D eigenvalue weighted by Gasteiger charge is 2.42. The Morgan fingerprint density at radius 1 is 1.07 bits per heavy atom. The molecule has 144 valence electrons. The van der Waals surface area contributed by atoms with E-state index >= 15 is 0 Å². The third-order valence-corrected chi connectivity index (χ3v) is 3.48. The van der Waals surface area contributed by atoms with Gasteiger partial charge in [0.05, 0.1) is 0 Å². The number of primary amides is 1. The molecule has 0 aliphatic carbocycles. The molecule has 12 heteroatoms. The van der Waals surface area contributed by atoms with E-state index in [1.165, 1.54) is 30.3 Å². The number of carbonyl (C=O) groups is 2. The number of hydrogen-bond acceptors (Lipinski definition) is 5. The van der Waals surface area contributed by atoms with Gasteiger partial charge >= 0.3 is 6.18 Å². The maximum absolute atomic E-state index is 13.9. The molecule has 0 saturated heterocycles. The molecule has 1 aromatic carbocycles. The fourth-order valence-corrected chi connectivity index (χ4v) is 2.30. The number of nitrogens with one attached hydrogen (secondary N) is 1. The Hall–Kier alpha value is -3.83. The first kappa shape index (κ1) is 18.9. The van der Waals surface area contributed by atoms with Crippen molar-refractivity contribution in [2.45, 2.75) is 6.18 Å². The summed E-state index contributed by atoms with van der Waals surface area (Å²) >= 11 is 0. The fourth-order valence-electron chi connectivity index (χ4n) is 2.30. The predicted molar refractivity (Wildman–Crippen MR) is 87.0 cm³/mol. The zero-order valence-electron chi connectivity index (χ0n) is 13.7. The van der Waals surface area contributed by atoms with Gasteiger partial charge in [-0.05, 0) is 24.3 Å². The summed E-state index contributed by atoms with van der Waals surface area (Å²) in [5, 5.41) is 8.60. The van der Waals surface area contributed by atoms with E-state index < -0.39 is 40.9 Å². The van der Waals surface area contributed by atoms with Crippen molar-refractivity contribution in [3.8, 4) is 5.69 Å². The average molecular weight is 394 g/mol. The van der Waals surface area contributed by atoms with Crippen molar-refractivity contribution in [3.05, 3.63) is 65.4 Å². The molecule has 0 aliphatic heterocycles. The molecule has 3 N–H and O–H groups in total. The van der Waals surface area contributed by atoms with Gasteiger partial charge in [-0.1, -0.05) is 23.4 Å². The zero-order valence-corrected chi connectivity index (χ0v) is 13.7. The Labute approximate surface area is 154 Å². The van der Waals surface area contributed by atoms with E-state index in [1.807, 2.05) is 0 Å². The van der Waals surface area contributed by atoms with E-state index in [4.69, 9.17) is 5.73 Å². The Morgan fingerprint density at radius 2 is 1.79 bits per heavy atom. The van der Waals surface area contributed by atoms with Crippen LogP contribution in [-0.2, 0) is 6.18 Å². The van der Waals surface area contributed by atoms with Crippen LogP contribution in [0.2, 0.25) is 0 Å². The molecule has 2 amide bonds. The van der Waals surface area contributed by atoms with Gasteiger partial charge < -0.3 is 11.1 Å². The molecule has 2 aromatic heterocycles. The third kappa shape index (κ3) is 3.65. The van der Waals surface area contributed by atoms with E-state index in [-0.39, 0.29) is 16.2 Å². The summed E-state index contributed by atoms with van der Waals surface area (Å²) < 4.78 is 54.7. The second-order valence-corrected chi connectivity index (χ2v) is 5.37. The molecule has 3 rings (SSSR count). The Morgan fingerprint density at radius 3 is 2.43 bits per heavy atom. The Balaban J connectivity index is 2.03. The van der Waals surface area contributed by atoms with Gasteiger partial charge in [0.25, 0.3) is 11.8 Å². The number of halogens is 4. The fraction of sp³-hybridized carbons (Fsp3) is 0.0625. The lowest BCUT2D eigenvalue weighted by molar-refractivity contribution is -0.143. The number of nitrogens with zero attached hydrogens (tertiary/aromatic N) is 4. The summed E-state index contributed by atoms with van der Waals surface area (Å²) in [6, 6.07) is 8.40. The predicted octanol–water partition coefficient (Wildman–Crippen LogP) is 2.17. The van der Waals surface area contributed by atoms with Crippen LogP contribution in [0.4, 0.5) is 23.4 Å². The normalized spacial score (nSPS) is 11.3. The number of carbonyl (C=O) groups excluding carboxylic acids is 2. The summed E-state index contributed by atoms with van der Waals surface area (Å²) in [6.45, 7) is 0. The standard InChI is InChI=1S/C16H10F4N6O2/c17-8-4-1-2-6-10(8)26-13(16(18,19)20)12(24-25-26)15(28)23-11-7-3-5-9(22-11)14(21)27/h1-7H,(H2,21,27)(H,22,23,28). The summed E-state index contributed by atoms with van der Waals surface area (Å²) in [7, 11) is 0. The minimum atomic E-state index is -5.07. The number of aromatic nitrogens is 4. The summed E-state index contributed by atoms with van der Waals surface area (Å²) in [5.41, 5.74) is 1.66. The highest BCUT2D eigenvalue weighted by molar-refractivity contribution is 6.03. The number of pyridine rings is 1. The van der Waals surface area contributed by atoms with Gasteiger partial charge in [-0.25, -0.2) is 14.1 Å². The molecule has 28 heavy (non-hydrogen) atoms. The molecule has 0 fully saturated rings. The molecular formula is C16H10F4N6O2. The summed E-state index contributed by atoms with van der Waals surface area (Å²) in [4.78, 5) is 27.1. The molecule has 0 atom stereocenters. The van der Waals surface area contributed by atoms with Gasteiger partial charge in [0, 0.05) is 0 Å². The molecule has 3 aromatic rings. The van der Waals surface area contributed by atoms with Crippen LogP contribution in [0.15, 0.2) is 42.5 Å². The van der Waals surface area contributed by atoms with Crippen LogP contribution < -0.4 is 11.1 Å². The van der Waals surface area contributed by atoms with Crippen LogP contribution in [0.3, 0.4) is 0 Å². The van der Waals surface area contributed by atoms with Crippen LogP contribution in [-0.4, -0.2) is 31.8 Å². The van der Waals surface area contributed by atoms with Gasteiger partial charge in [-0.3, -0.25) is 9.59 Å². The van der Waals surface area contributed by atoms with Crippen molar-refractivity contribution in [1.82, 2.24) is 20.0 Å². The molecule has 0 bridgehead atoms. The topological polar surface area (TPSA) is 116 Å². The number of nitrogens with two attached hydrogens (primary N) is 1. The molecule has 2 heterocycles. The van der Waals surface area contributed by atoms with Crippen LogP contribution in [0.5, 0.6) is 0 Å². The van der Waals surface area contributed by atoms with Crippen molar-refractivity contribution < 1.29 is 27.2 Å². The summed E-state index contributed by atoms with van der Waals surface area (Å²) in [5.74, 6) is -3.41. The third-order valence-electron chi connectivity index (χ3n) is 3.48. The lowest BCUT2D eigenvalue weighted by Crippen LogP contribution is -2.22. The average Bonchev–Trinajstić information content (AvgIpc) is 3.08. The zero-order chi connectivity index (χ0) is 20.5. The maximum atomic E-state index is 13.9. The first-order chi connectivity index (χ1) is 13.2. The first-order valence-corrected chi connectivity index (χ1v) is 7.54. The lowest BCUT2D eigenvalue weighted by atomic mass is 10.2. The van der Waals surface area contributed by atoms with Crippen molar-refractivity contribution in [3.63, 3.8) is 0 Å². The minimum Gasteiger partial charge on any atom is -0.364 e. The monoisotopic (exact) mass is 394 g/mol. The number of anilines is 1. The van der Waals surface area contributed by atoms with Crippen LogP contribution in [0.1, 0.15) is 26.7 Å². The Kier molecular flexibility index (Phi) is 4.78. The minimum absolute atomic E-state index is 0.192. The molecule has 0 unspecified atom stereocenters. The Bertz CT molecular complexity index is 1060. The molecule has 0 saturated carbocycles. The van der Waals surface area contributed by atoms with Crippen molar-refractivity contribution in [1.29, 1.82) is 0 Å². The maximum Gasteiger partial charge on any atom is 0.435 e. The quantitative estimate of drug-likeness (QED) is 0.658. The highest BCUT2D eigenvalue weighted by Crippen LogP contribution is 2.33. The SMILES string of the molecule is NC(=O)c1cccc(NC(=O)c2nnn(-c3ccccc3F)c2C(F)(F)F)n1. The van der Waals surface area contributed by atoms with Crippen molar-refractivity contribution in [2.24, 2.45) is 5.73 Å². The smallest absolute Gasteiger partial charge is 0.364 e. The van der Waals surface area contributed by atoms with Gasteiger partial charge in [-0.15, -0.1) is 5.10 Å². The second-order valence-electron chi connectivity index (χ2n) is 5.37. The van der Waals surface area contributed by atoms with Gasteiger partial charge in [0.2, 0.25) is 0 Å². The largest absolute Gasteiger partial charge is 0.435 e. The number of benzene rings is 1. The number of amides is 2. The van der Waals surface area contributed by atoms with Crippen LogP contribution in [0.25, 0.3) is 5.69 Å². The van der Waals surface area contributed by atoms with Crippen LogP contribution >= 0.6 is 0 Å². The van der Waals surface area contributed by atoms with E-state index in [0.29, 0.717) is 0 Å². The van der Waals surface area contributed by atoms with Crippen molar-refractivity contribution >= 4 is 17.6 Å². The number of hydrogen-bond donors (Lipinski definition) is 2. The molecule has 8 nitrogen and oxygen atoms in total. The van der Waals surface area contributed by atoms with Crippen molar-refractivity contribution in [2.75, 3.05) is 5.32 Å². The molecule has 0 aliphatic rings. The van der Waals surface area contributed by atoms with E-state index in [0.717, 1.165) is 12.1 Å². The van der Waals surface area contributed by atoms with E-state index in [9.17, 15) is 27.2 Å². The molecular weight excluding hydrogens is 384 g/mol. The van der Waals surface area contributed by atoms with Gasteiger partial charge in [0.15, 0.2) is 11.4 Å². The number of para-hydroxylation sites is 1. The summed E-state index contributed by atoms with van der Waals surface area (Å²) in [6.07, 6.45) is -5.07. The molecule has 0 spiro atoms. The second kappa shape index (κ2) is 7.06. The van der Waals surface area contributed by atoms with Gasteiger partial charge in [0.1, 0.15) is 23.0 Å².